The van der Waals surface area contributed by atoms with E-state index < -0.39 is 17.9 Å². The molecule has 120 valence electrons. The Labute approximate surface area is 130 Å². The molecule has 0 spiro atoms. The van der Waals surface area contributed by atoms with Crippen LogP contribution in [0.1, 0.15) is 37.8 Å². The van der Waals surface area contributed by atoms with E-state index in [1.54, 1.807) is 6.92 Å². The SMILES string of the molecule is CC(C(=O)O)C(NC(=O)CCC1CCOC1)c1ccccc1. The van der Waals surface area contributed by atoms with E-state index in [1.807, 2.05) is 30.3 Å². The highest BCUT2D eigenvalue weighted by molar-refractivity contribution is 5.78. The first kappa shape index (κ1) is 16.5. The summed E-state index contributed by atoms with van der Waals surface area (Å²) in [5.74, 6) is -1.26. The van der Waals surface area contributed by atoms with E-state index in [0.29, 0.717) is 12.3 Å². The van der Waals surface area contributed by atoms with E-state index in [9.17, 15) is 14.7 Å². The molecule has 2 rings (SSSR count). The van der Waals surface area contributed by atoms with Crippen molar-refractivity contribution in [1.82, 2.24) is 5.32 Å². The van der Waals surface area contributed by atoms with Gasteiger partial charge in [-0.2, -0.15) is 0 Å². The fraction of sp³-hybridized carbons (Fsp3) is 0.529. The molecule has 0 radical (unpaired) electrons. The van der Waals surface area contributed by atoms with Gasteiger partial charge in [0.2, 0.25) is 5.91 Å². The standard InChI is InChI=1S/C17H23NO4/c1-12(17(20)21)16(14-5-3-2-4-6-14)18-15(19)8-7-13-9-10-22-11-13/h2-6,12-13,16H,7-11H2,1H3,(H,18,19)(H,20,21). The van der Waals surface area contributed by atoms with E-state index in [2.05, 4.69) is 5.32 Å². The van der Waals surface area contributed by atoms with E-state index in [-0.39, 0.29) is 5.91 Å². The van der Waals surface area contributed by atoms with Crippen molar-refractivity contribution in [2.45, 2.75) is 32.2 Å². The summed E-state index contributed by atoms with van der Waals surface area (Å²) in [5, 5.41) is 12.1. The molecule has 0 aliphatic carbocycles. The van der Waals surface area contributed by atoms with E-state index in [0.717, 1.165) is 31.6 Å². The molecule has 1 heterocycles. The van der Waals surface area contributed by atoms with Crippen LogP contribution in [0.2, 0.25) is 0 Å². The molecule has 3 atom stereocenters. The molecule has 0 aromatic heterocycles. The second-order valence-corrected chi connectivity index (χ2v) is 5.85. The number of hydrogen-bond donors (Lipinski definition) is 2. The van der Waals surface area contributed by atoms with Crippen LogP contribution >= 0.6 is 0 Å². The van der Waals surface area contributed by atoms with Gasteiger partial charge in [-0.3, -0.25) is 9.59 Å². The first-order valence-electron chi connectivity index (χ1n) is 7.72. The summed E-state index contributed by atoms with van der Waals surface area (Å²) in [6, 6.07) is 8.74. The summed E-state index contributed by atoms with van der Waals surface area (Å²) in [6.45, 7) is 3.11. The zero-order valence-corrected chi connectivity index (χ0v) is 12.8. The van der Waals surface area contributed by atoms with Crippen LogP contribution in [0.3, 0.4) is 0 Å². The van der Waals surface area contributed by atoms with Gasteiger partial charge in [0.05, 0.1) is 12.0 Å². The number of carboxylic acids is 1. The van der Waals surface area contributed by atoms with Gasteiger partial charge in [-0.25, -0.2) is 0 Å². The van der Waals surface area contributed by atoms with Crippen LogP contribution in [0.5, 0.6) is 0 Å². The number of hydrogen-bond acceptors (Lipinski definition) is 3. The summed E-state index contributed by atoms with van der Waals surface area (Å²) in [4.78, 5) is 23.5. The lowest BCUT2D eigenvalue weighted by Gasteiger charge is -2.23. The quantitative estimate of drug-likeness (QED) is 0.811. The number of carbonyl (C=O) groups is 2. The molecular formula is C17H23NO4. The Morgan fingerprint density at radius 3 is 2.68 bits per heavy atom. The molecule has 22 heavy (non-hydrogen) atoms. The normalized spacial score (nSPS) is 20.3. The number of carbonyl (C=O) groups excluding carboxylic acids is 1. The predicted octanol–water partition coefficient (Wildman–Crippen LogP) is 2.38. The van der Waals surface area contributed by atoms with Crippen molar-refractivity contribution in [2.75, 3.05) is 13.2 Å². The van der Waals surface area contributed by atoms with Gasteiger partial charge in [0.1, 0.15) is 0 Å². The van der Waals surface area contributed by atoms with Crippen molar-refractivity contribution >= 4 is 11.9 Å². The van der Waals surface area contributed by atoms with Crippen molar-refractivity contribution in [2.24, 2.45) is 11.8 Å². The van der Waals surface area contributed by atoms with Crippen molar-refractivity contribution in [3.63, 3.8) is 0 Å². The Morgan fingerprint density at radius 1 is 1.36 bits per heavy atom. The molecule has 5 heteroatoms. The predicted molar refractivity (Wildman–Crippen MR) is 82.3 cm³/mol. The second kappa shape index (κ2) is 7.94. The highest BCUT2D eigenvalue weighted by Gasteiger charge is 2.27. The van der Waals surface area contributed by atoms with Crippen molar-refractivity contribution < 1.29 is 19.4 Å². The molecule has 3 unspecified atom stereocenters. The molecule has 1 aliphatic rings. The number of aliphatic carboxylic acids is 1. The smallest absolute Gasteiger partial charge is 0.308 e. The van der Waals surface area contributed by atoms with Gasteiger partial charge in [0.25, 0.3) is 0 Å². The largest absolute Gasteiger partial charge is 0.481 e. The minimum absolute atomic E-state index is 0.103. The van der Waals surface area contributed by atoms with Gasteiger partial charge in [-0.15, -0.1) is 0 Å². The van der Waals surface area contributed by atoms with Crippen molar-refractivity contribution in [1.29, 1.82) is 0 Å². The van der Waals surface area contributed by atoms with Crippen molar-refractivity contribution in [3.05, 3.63) is 35.9 Å². The highest BCUT2D eigenvalue weighted by Crippen LogP contribution is 2.23. The maximum Gasteiger partial charge on any atom is 0.308 e. The van der Waals surface area contributed by atoms with Gasteiger partial charge >= 0.3 is 5.97 Å². The lowest BCUT2D eigenvalue weighted by molar-refractivity contribution is -0.142. The van der Waals surface area contributed by atoms with Crippen LogP contribution in [0, 0.1) is 11.8 Å². The zero-order valence-electron chi connectivity index (χ0n) is 12.8. The molecule has 0 saturated carbocycles. The monoisotopic (exact) mass is 305 g/mol. The Bertz CT molecular complexity index is 497. The molecule has 1 aromatic carbocycles. The first-order valence-corrected chi connectivity index (χ1v) is 7.72. The lowest BCUT2D eigenvalue weighted by Crippen LogP contribution is -2.35. The number of ether oxygens (including phenoxy) is 1. The van der Waals surface area contributed by atoms with Gasteiger partial charge < -0.3 is 15.2 Å². The molecule has 2 N–H and O–H groups in total. The number of nitrogens with one attached hydrogen (secondary N) is 1. The van der Waals surface area contributed by atoms with E-state index in [4.69, 9.17) is 4.74 Å². The lowest BCUT2D eigenvalue weighted by atomic mass is 9.94. The Morgan fingerprint density at radius 2 is 2.09 bits per heavy atom. The van der Waals surface area contributed by atoms with Crippen LogP contribution in [0.4, 0.5) is 0 Å². The number of amides is 1. The van der Waals surface area contributed by atoms with E-state index >= 15 is 0 Å². The van der Waals surface area contributed by atoms with Crippen LogP contribution in [-0.2, 0) is 14.3 Å². The van der Waals surface area contributed by atoms with E-state index in [1.165, 1.54) is 0 Å². The molecule has 1 amide bonds. The van der Waals surface area contributed by atoms with Gasteiger partial charge in [-0.1, -0.05) is 30.3 Å². The molecule has 1 aromatic rings. The van der Waals surface area contributed by atoms with Crippen LogP contribution in [0.15, 0.2) is 30.3 Å². The van der Waals surface area contributed by atoms with Gasteiger partial charge in [0.15, 0.2) is 0 Å². The summed E-state index contributed by atoms with van der Waals surface area (Å²) in [6.07, 6.45) is 2.19. The third kappa shape index (κ3) is 4.56. The van der Waals surface area contributed by atoms with Crippen LogP contribution in [-0.4, -0.2) is 30.2 Å². The molecule has 0 bridgehead atoms. The molecule has 1 saturated heterocycles. The number of carboxylic acid groups (broad SMARTS) is 1. The molecule has 1 aliphatic heterocycles. The second-order valence-electron chi connectivity index (χ2n) is 5.85. The zero-order chi connectivity index (χ0) is 15.9. The van der Waals surface area contributed by atoms with Crippen LogP contribution in [0.25, 0.3) is 0 Å². The molecular weight excluding hydrogens is 282 g/mol. The summed E-state index contributed by atoms with van der Waals surface area (Å²) in [5.41, 5.74) is 0.815. The highest BCUT2D eigenvalue weighted by atomic mass is 16.5. The first-order chi connectivity index (χ1) is 10.6. The average molecular weight is 305 g/mol. The Kier molecular flexibility index (Phi) is 5.95. The minimum Gasteiger partial charge on any atom is -0.481 e. The van der Waals surface area contributed by atoms with Gasteiger partial charge in [0, 0.05) is 19.6 Å². The minimum atomic E-state index is -0.918. The Hall–Kier alpha value is -1.88. The molecule has 5 nitrogen and oxygen atoms in total. The number of benzene rings is 1. The average Bonchev–Trinajstić information content (AvgIpc) is 3.04. The molecule has 1 fully saturated rings. The maximum atomic E-state index is 12.2. The van der Waals surface area contributed by atoms with Crippen molar-refractivity contribution in [3.8, 4) is 0 Å². The van der Waals surface area contributed by atoms with Crippen LogP contribution < -0.4 is 5.32 Å². The Balaban J connectivity index is 1.96. The summed E-state index contributed by atoms with van der Waals surface area (Å²) < 4.78 is 5.30. The topological polar surface area (TPSA) is 75.6 Å². The fourth-order valence-electron chi connectivity index (χ4n) is 2.69. The fourth-order valence-corrected chi connectivity index (χ4v) is 2.69. The number of rotatable bonds is 7. The third-order valence-corrected chi connectivity index (χ3v) is 4.17. The third-order valence-electron chi connectivity index (χ3n) is 4.17. The maximum absolute atomic E-state index is 12.2. The summed E-state index contributed by atoms with van der Waals surface area (Å²) in [7, 11) is 0. The summed E-state index contributed by atoms with van der Waals surface area (Å²) >= 11 is 0. The van der Waals surface area contributed by atoms with Gasteiger partial charge in [-0.05, 0) is 31.2 Å².